The van der Waals surface area contributed by atoms with Crippen LogP contribution in [0.2, 0.25) is 0 Å². The van der Waals surface area contributed by atoms with Crippen molar-refractivity contribution in [3.05, 3.63) is 0 Å². The van der Waals surface area contributed by atoms with Gasteiger partial charge in [-0.25, -0.2) is 0 Å². The average Bonchev–Trinajstić information content (AvgIpc) is 2.64. The summed E-state index contributed by atoms with van der Waals surface area (Å²) >= 11 is 0. The van der Waals surface area contributed by atoms with Gasteiger partial charge in [-0.1, -0.05) is 32.6 Å². The smallest absolute Gasteiger partial charge is 0.240 e. The second-order valence-corrected chi connectivity index (χ2v) is 6.15. The van der Waals surface area contributed by atoms with Crippen LogP contribution in [0, 0.1) is 5.92 Å². The lowest BCUT2D eigenvalue weighted by atomic mass is 9.96. The third-order valence-corrected chi connectivity index (χ3v) is 4.54. The molecule has 0 aromatic rings. The Morgan fingerprint density at radius 1 is 1.12 bits per heavy atom. The van der Waals surface area contributed by atoms with E-state index in [-0.39, 0.29) is 5.91 Å². The van der Waals surface area contributed by atoms with Gasteiger partial charge < -0.3 is 11.1 Å². The Bertz CT molecular complexity index is 271. The molecule has 2 fully saturated rings. The fourth-order valence-corrected chi connectivity index (χ4v) is 3.19. The fraction of sp³-hybridized carbons (Fsp3) is 0.929. The van der Waals surface area contributed by atoms with Crippen molar-refractivity contribution in [2.24, 2.45) is 11.7 Å². The molecule has 98 valence electrons. The minimum atomic E-state index is -0.558. The molecule has 0 bridgehead atoms. The SMILES string of the molecule is CC1CCCC(NC(=O)C2(N)CCCC2)CC1. The first-order valence-corrected chi connectivity index (χ1v) is 7.20. The maximum absolute atomic E-state index is 12.2. The molecule has 2 atom stereocenters. The Kier molecular flexibility index (Phi) is 4.08. The summed E-state index contributed by atoms with van der Waals surface area (Å²) in [6, 6.07) is 0.369. The van der Waals surface area contributed by atoms with E-state index in [9.17, 15) is 4.79 Å². The summed E-state index contributed by atoms with van der Waals surface area (Å²) < 4.78 is 0. The van der Waals surface area contributed by atoms with Gasteiger partial charge in [-0.3, -0.25) is 4.79 Å². The lowest BCUT2D eigenvalue weighted by Crippen LogP contribution is -2.54. The predicted molar refractivity (Wildman–Crippen MR) is 69.6 cm³/mol. The number of nitrogens with two attached hydrogens (primary N) is 1. The van der Waals surface area contributed by atoms with Gasteiger partial charge in [0, 0.05) is 6.04 Å². The summed E-state index contributed by atoms with van der Waals surface area (Å²) in [5.41, 5.74) is 5.62. The Balaban J connectivity index is 1.85. The van der Waals surface area contributed by atoms with Crippen molar-refractivity contribution < 1.29 is 4.79 Å². The molecule has 0 heterocycles. The molecule has 3 N–H and O–H groups in total. The maximum Gasteiger partial charge on any atom is 0.240 e. The van der Waals surface area contributed by atoms with Crippen molar-refractivity contribution in [1.82, 2.24) is 5.32 Å². The molecular formula is C14H26N2O. The monoisotopic (exact) mass is 238 g/mol. The molecule has 0 aliphatic heterocycles. The molecule has 2 saturated carbocycles. The molecule has 3 heteroatoms. The molecule has 3 nitrogen and oxygen atoms in total. The van der Waals surface area contributed by atoms with Gasteiger partial charge in [0.1, 0.15) is 0 Å². The van der Waals surface area contributed by atoms with Crippen molar-refractivity contribution in [2.45, 2.75) is 76.3 Å². The lowest BCUT2D eigenvalue weighted by molar-refractivity contribution is -0.127. The van der Waals surface area contributed by atoms with Gasteiger partial charge >= 0.3 is 0 Å². The highest BCUT2D eigenvalue weighted by molar-refractivity contribution is 5.86. The van der Waals surface area contributed by atoms with E-state index in [4.69, 9.17) is 5.73 Å². The van der Waals surface area contributed by atoms with E-state index in [2.05, 4.69) is 12.2 Å². The summed E-state index contributed by atoms with van der Waals surface area (Å²) in [5, 5.41) is 3.20. The quantitative estimate of drug-likeness (QED) is 0.726. The molecule has 0 aromatic heterocycles. The molecular weight excluding hydrogens is 212 g/mol. The highest BCUT2D eigenvalue weighted by Gasteiger charge is 2.37. The van der Waals surface area contributed by atoms with E-state index < -0.39 is 5.54 Å². The van der Waals surface area contributed by atoms with Crippen LogP contribution in [0.5, 0.6) is 0 Å². The molecule has 0 aromatic carbocycles. The first-order valence-electron chi connectivity index (χ1n) is 7.20. The number of amides is 1. The zero-order valence-corrected chi connectivity index (χ0v) is 11.0. The average molecular weight is 238 g/mol. The topological polar surface area (TPSA) is 55.1 Å². The zero-order valence-electron chi connectivity index (χ0n) is 11.0. The third-order valence-electron chi connectivity index (χ3n) is 4.54. The molecule has 0 saturated heterocycles. The number of hydrogen-bond acceptors (Lipinski definition) is 2. The van der Waals surface area contributed by atoms with Crippen LogP contribution in [-0.2, 0) is 4.79 Å². The lowest BCUT2D eigenvalue weighted by Gasteiger charge is -2.26. The van der Waals surface area contributed by atoms with Gasteiger partial charge in [0.2, 0.25) is 5.91 Å². The van der Waals surface area contributed by atoms with Crippen molar-refractivity contribution in [3.63, 3.8) is 0 Å². The van der Waals surface area contributed by atoms with Crippen LogP contribution in [0.15, 0.2) is 0 Å². The number of nitrogens with one attached hydrogen (secondary N) is 1. The number of carbonyl (C=O) groups is 1. The van der Waals surface area contributed by atoms with Gasteiger partial charge in [-0.15, -0.1) is 0 Å². The van der Waals surface area contributed by atoms with E-state index in [1.54, 1.807) is 0 Å². The number of rotatable bonds is 2. The van der Waals surface area contributed by atoms with Crippen LogP contribution < -0.4 is 11.1 Å². The first kappa shape index (κ1) is 12.9. The van der Waals surface area contributed by atoms with Gasteiger partial charge in [-0.05, 0) is 38.0 Å². The van der Waals surface area contributed by atoms with Gasteiger partial charge in [0.05, 0.1) is 5.54 Å². The second-order valence-electron chi connectivity index (χ2n) is 6.15. The Hall–Kier alpha value is -0.570. The van der Waals surface area contributed by atoms with Gasteiger partial charge in [0.15, 0.2) is 0 Å². The molecule has 2 rings (SSSR count). The largest absolute Gasteiger partial charge is 0.352 e. The van der Waals surface area contributed by atoms with Crippen molar-refractivity contribution in [3.8, 4) is 0 Å². The molecule has 17 heavy (non-hydrogen) atoms. The van der Waals surface area contributed by atoms with Crippen molar-refractivity contribution in [2.75, 3.05) is 0 Å². The molecule has 1 amide bonds. The number of hydrogen-bond donors (Lipinski definition) is 2. The van der Waals surface area contributed by atoms with Crippen LogP contribution in [0.1, 0.15) is 64.7 Å². The zero-order chi connectivity index (χ0) is 12.3. The van der Waals surface area contributed by atoms with Crippen LogP contribution in [0.25, 0.3) is 0 Å². The minimum absolute atomic E-state index is 0.106. The standard InChI is InChI=1S/C14H26N2O/c1-11-5-4-6-12(8-7-11)16-13(17)14(15)9-2-3-10-14/h11-12H,2-10,15H2,1H3,(H,16,17). The minimum Gasteiger partial charge on any atom is -0.352 e. The summed E-state index contributed by atoms with van der Waals surface area (Å²) in [6.07, 6.45) is 9.97. The predicted octanol–water partition coefficient (Wildman–Crippen LogP) is 2.34. The Labute approximate surface area is 105 Å². The van der Waals surface area contributed by atoms with Crippen molar-refractivity contribution in [1.29, 1.82) is 0 Å². The Morgan fingerprint density at radius 2 is 1.82 bits per heavy atom. The molecule has 2 aliphatic carbocycles. The Morgan fingerprint density at radius 3 is 2.53 bits per heavy atom. The van der Waals surface area contributed by atoms with Crippen LogP contribution >= 0.6 is 0 Å². The summed E-state index contributed by atoms with van der Waals surface area (Å²) in [7, 11) is 0. The second kappa shape index (κ2) is 5.38. The van der Waals surface area contributed by atoms with Gasteiger partial charge in [-0.2, -0.15) is 0 Å². The van der Waals surface area contributed by atoms with E-state index in [1.807, 2.05) is 0 Å². The maximum atomic E-state index is 12.2. The molecule has 2 unspecified atom stereocenters. The summed E-state index contributed by atoms with van der Waals surface area (Å²) in [6.45, 7) is 2.31. The normalized spacial score (nSPS) is 33.1. The fourth-order valence-electron chi connectivity index (χ4n) is 3.19. The molecule has 0 radical (unpaired) electrons. The van der Waals surface area contributed by atoms with E-state index >= 15 is 0 Å². The van der Waals surface area contributed by atoms with Crippen LogP contribution in [0.3, 0.4) is 0 Å². The highest BCUT2D eigenvalue weighted by atomic mass is 16.2. The van der Waals surface area contributed by atoms with Crippen LogP contribution in [0.4, 0.5) is 0 Å². The molecule has 0 spiro atoms. The first-order chi connectivity index (χ1) is 8.10. The van der Waals surface area contributed by atoms with E-state index in [0.29, 0.717) is 6.04 Å². The van der Waals surface area contributed by atoms with Crippen molar-refractivity contribution >= 4 is 5.91 Å². The van der Waals surface area contributed by atoms with E-state index in [0.717, 1.165) is 44.4 Å². The highest BCUT2D eigenvalue weighted by Crippen LogP contribution is 2.28. The summed E-state index contributed by atoms with van der Waals surface area (Å²) in [5.74, 6) is 0.921. The number of carbonyl (C=O) groups excluding carboxylic acids is 1. The van der Waals surface area contributed by atoms with E-state index in [1.165, 1.54) is 19.3 Å². The van der Waals surface area contributed by atoms with Gasteiger partial charge in [0.25, 0.3) is 0 Å². The van der Waals surface area contributed by atoms with Crippen LogP contribution in [-0.4, -0.2) is 17.5 Å². The molecule has 2 aliphatic rings. The third kappa shape index (κ3) is 3.21. The summed E-state index contributed by atoms with van der Waals surface area (Å²) in [4.78, 5) is 12.2.